The molecule has 1 N–H and O–H groups in total. The maximum absolute atomic E-state index is 14.1. The minimum atomic E-state index is -1.04. The highest BCUT2D eigenvalue weighted by molar-refractivity contribution is 7.07. The fourth-order valence-electron chi connectivity index (χ4n) is 5.32. The van der Waals surface area contributed by atoms with Gasteiger partial charge in [-0.2, -0.15) is 0 Å². The Labute approximate surface area is 249 Å². The summed E-state index contributed by atoms with van der Waals surface area (Å²) in [5.74, 6) is -0.210. The Bertz CT molecular complexity index is 2130. The first kappa shape index (κ1) is 27.9. The molecule has 2 aromatic heterocycles. The zero-order chi connectivity index (χ0) is 30.2. The summed E-state index contributed by atoms with van der Waals surface area (Å²) in [6, 6.07) is 20.5. The fraction of sp³-hybridized carbons (Fsp3) is 0.152. The van der Waals surface area contributed by atoms with Gasteiger partial charge in [0.1, 0.15) is 23.3 Å². The van der Waals surface area contributed by atoms with Gasteiger partial charge in [-0.1, -0.05) is 53.8 Å². The number of ether oxygens (including phenoxy) is 2. The van der Waals surface area contributed by atoms with Crippen LogP contribution in [0.2, 0.25) is 0 Å². The number of carbonyl (C=O) groups is 2. The quantitative estimate of drug-likeness (QED) is 0.266. The second kappa shape index (κ2) is 11.2. The minimum absolute atomic E-state index is 0.139. The molecule has 216 valence electrons. The predicted octanol–water partition coefficient (Wildman–Crippen LogP) is 4.92. The highest BCUT2D eigenvalue weighted by Crippen LogP contribution is 2.40. The number of allylic oxidation sites excluding steroid dienone is 1. The number of aromatic carboxylic acids is 1. The van der Waals surface area contributed by atoms with E-state index in [1.807, 2.05) is 36.4 Å². The topological polar surface area (TPSA) is 120 Å². The van der Waals surface area contributed by atoms with Gasteiger partial charge < -0.3 is 19.0 Å². The molecule has 0 bridgehead atoms. The van der Waals surface area contributed by atoms with Gasteiger partial charge in [0.15, 0.2) is 4.80 Å². The summed E-state index contributed by atoms with van der Waals surface area (Å²) in [5.41, 5.74) is 1.74. The number of hydrogen-bond donors (Lipinski definition) is 1. The Morgan fingerprint density at radius 2 is 1.91 bits per heavy atom. The molecule has 10 heteroatoms. The van der Waals surface area contributed by atoms with E-state index >= 15 is 0 Å². The summed E-state index contributed by atoms with van der Waals surface area (Å²) in [6.45, 7) is 3.62. The van der Waals surface area contributed by atoms with Crippen molar-refractivity contribution in [3.05, 3.63) is 121 Å². The van der Waals surface area contributed by atoms with Crippen LogP contribution in [0.5, 0.6) is 5.75 Å². The lowest BCUT2D eigenvalue weighted by Gasteiger charge is -2.27. The molecule has 1 aliphatic heterocycles. The molecule has 0 fully saturated rings. The Kier molecular flexibility index (Phi) is 7.29. The van der Waals surface area contributed by atoms with Crippen molar-refractivity contribution in [2.24, 2.45) is 4.99 Å². The third kappa shape index (κ3) is 4.95. The third-order valence-corrected chi connectivity index (χ3v) is 8.22. The normalized spacial score (nSPS) is 14.9. The highest BCUT2D eigenvalue weighted by Gasteiger charge is 2.36. The zero-order valence-electron chi connectivity index (χ0n) is 23.5. The molecule has 9 nitrogen and oxygen atoms in total. The summed E-state index contributed by atoms with van der Waals surface area (Å²) >= 11 is 1.18. The lowest BCUT2D eigenvalue weighted by Crippen LogP contribution is -2.40. The number of benzene rings is 3. The molecule has 5 aromatic rings. The van der Waals surface area contributed by atoms with Crippen LogP contribution in [-0.2, 0) is 9.53 Å². The van der Waals surface area contributed by atoms with Crippen LogP contribution in [-0.4, -0.2) is 35.3 Å². The number of methoxy groups -OCH3 is 1. The van der Waals surface area contributed by atoms with Crippen LogP contribution in [0.25, 0.3) is 28.2 Å². The summed E-state index contributed by atoms with van der Waals surface area (Å²) in [5, 5.41) is 11.1. The molecule has 0 spiro atoms. The number of carboxylic acid groups (broad SMARTS) is 1. The number of thiazole rings is 1. The lowest BCUT2D eigenvalue weighted by molar-refractivity contribution is -0.139. The van der Waals surface area contributed by atoms with E-state index in [0.29, 0.717) is 43.4 Å². The van der Waals surface area contributed by atoms with E-state index in [-0.39, 0.29) is 23.3 Å². The average Bonchev–Trinajstić information content (AvgIpc) is 3.60. The van der Waals surface area contributed by atoms with Gasteiger partial charge in [0.05, 0.1) is 35.1 Å². The molecule has 6 rings (SSSR count). The SMILES string of the molecule is CCOC(=O)C1=C(C)N=c2s/c(=C/c3ccc(-c4cccc(C(=O)O)c4)o3)c(=O)n2[C@H]1c1c(OC)ccc2ccccc12. The van der Waals surface area contributed by atoms with Crippen molar-refractivity contribution in [1.29, 1.82) is 0 Å². The van der Waals surface area contributed by atoms with Gasteiger partial charge >= 0.3 is 11.9 Å². The van der Waals surface area contributed by atoms with Crippen molar-refractivity contribution in [2.45, 2.75) is 19.9 Å². The van der Waals surface area contributed by atoms with Crippen LogP contribution < -0.4 is 19.6 Å². The molecule has 0 saturated carbocycles. The molecule has 1 aliphatic rings. The number of nitrogens with zero attached hydrogens (tertiary/aromatic N) is 2. The molecular weight excluding hydrogens is 568 g/mol. The van der Waals surface area contributed by atoms with Gasteiger partial charge in [0.2, 0.25) is 0 Å². The van der Waals surface area contributed by atoms with Crippen LogP contribution in [0.15, 0.2) is 98.3 Å². The van der Waals surface area contributed by atoms with E-state index in [4.69, 9.17) is 13.9 Å². The van der Waals surface area contributed by atoms with Crippen molar-refractivity contribution in [3.63, 3.8) is 0 Å². The van der Waals surface area contributed by atoms with Crippen LogP contribution in [0.1, 0.15) is 41.6 Å². The fourth-order valence-corrected chi connectivity index (χ4v) is 6.35. The predicted molar refractivity (Wildman–Crippen MR) is 162 cm³/mol. The zero-order valence-corrected chi connectivity index (χ0v) is 24.3. The number of carbonyl (C=O) groups excluding carboxylic acids is 1. The standard InChI is InChI=1S/C33H26N2O7S/c1-4-41-32(39)27-18(2)34-33-35(29(27)28-23-11-6-5-8-19(23)12-14-25(28)40-3)30(36)26(43-33)17-22-13-15-24(42-22)20-9-7-10-21(16-20)31(37)38/h5-17,29H,4H2,1-3H3,(H,37,38)/b26-17+/t29-/m1/s1. The molecular formula is C33H26N2O7S. The van der Waals surface area contributed by atoms with Gasteiger partial charge in [-0.15, -0.1) is 0 Å². The van der Waals surface area contributed by atoms with Gasteiger partial charge in [0, 0.05) is 17.2 Å². The third-order valence-electron chi connectivity index (χ3n) is 7.24. The number of fused-ring (bicyclic) bond motifs is 2. The van der Waals surface area contributed by atoms with Crippen molar-refractivity contribution in [3.8, 4) is 17.1 Å². The minimum Gasteiger partial charge on any atom is -0.496 e. The number of esters is 1. The van der Waals surface area contributed by atoms with Crippen LogP contribution in [0.4, 0.5) is 0 Å². The van der Waals surface area contributed by atoms with E-state index < -0.39 is 18.0 Å². The number of furan rings is 1. The van der Waals surface area contributed by atoms with Crippen molar-refractivity contribution >= 4 is 40.1 Å². The molecule has 3 aromatic carbocycles. The van der Waals surface area contributed by atoms with Crippen molar-refractivity contribution in [1.82, 2.24) is 4.57 Å². The Balaban J connectivity index is 1.54. The van der Waals surface area contributed by atoms with E-state index in [2.05, 4.69) is 4.99 Å². The first-order valence-electron chi connectivity index (χ1n) is 13.5. The maximum Gasteiger partial charge on any atom is 0.338 e. The largest absolute Gasteiger partial charge is 0.496 e. The molecule has 0 unspecified atom stereocenters. The number of rotatable bonds is 7. The van der Waals surface area contributed by atoms with Crippen LogP contribution in [0.3, 0.4) is 0 Å². The Hall–Kier alpha value is -5.22. The second-order valence-corrected chi connectivity index (χ2v) is 10.8. The average molecular weight is 595 g/mol. The monoisotopic (exact) mass is 594 g/mol. The van der Waals surface area contributed by atoms with E-state index in [1.54, 1.807) is 51.3 Å². The summed E-state index contributed by atoms with van der Waals surface area (Å²) < 4.78 is 19.1. The van der Waals surface area contributed by atoms with Crippen LogP contribution >= 0.6 is 11.3 Å². The molecule has 0 aliphatic carbocycles. The Morgan fingerprint density at radius 1 is 1.09 bits per heavy atom. The van der Waals surface area contributed by atoms with Gasteiger partial charge in [-0.3, -0.25) is 9.36 Å². The summed E-state index contributed by atoms with van der Waals surface area (Å²) in [4.78, 5) is 44.0. The first-order valence-corrected chi connectivity index (χ1v) is 14.3. The molecule has 3 heterocycles. The van der Waals surface area contributed by atoms with Crippen molar-refractivity contribution < 1.29 is 28.6 Å². The van der Waals surface area contributed by atoms with E-state index in [9.17, 15) is 19.5 Å². The smallest absolute Gasteiger partial charge is 0.338 e. The van der Waals surface area contributed by atoms with Crippen molar-refractivity contribution in [2.75, 3.05) is 13.7 Å². The molecule has 1 atom stereocenters. The van der Waals surface area contributed by atoms with Gasteiger partial charge in [0.25, 0.3) is 5.56 Å². The van der Waals surface area contributed by atoms with Gasteiger partial charge in [-0.25, -0.2) is 14.6 Å². The molecule has 0 saturated heterocycles. The number of aromatic nitrogens is 1. The lowest BCUT2D eigenvalue weighted by atomic mass is 9.90. The molecule has 0 radical (unpaired) electrons. The highest BCUT2D eigenvalue weighted by atomic mass is 32.1. The van der Waals surface area contributed by atoms with Crippen LogP contribution in [0, 0.1) is 0 Å². The van der Waals surface area contributed by atoms with E-state index in [1.165, 1.54) is 28.0 Å². The first-order chi connectivity index (χ1) is 20.8. The number of hydrogen-bond acceptors (Lipinski definition) is 8. The van der Waals surface area contributed by atoms with E-state index in [0.717, 1.165) is 10.8 Å². The second-order valence-electron chi connectivity index (χ2n) is 9.79. The number of carboxylic acids is 1. The Morgan fingerprint density at radius 3 is 2.67 bits per heavy atom. The summed E-state index contributed by atoms with van der Waals surface area (Å²) in [7, 11) is 1.55. The molecule has 43 heavy (non-hydrogen) atoms. The molecule has 0 amide bonds. The maximum atomic E-state index is 14.1. The van der Waals surface area contributed by atoms with Gasteiger partial charge in [-0.05, 0) is 55.0 Å². The summed E-state index contributed by atoms with van der Waals surface area (Å²) in [6.07, 6.45) is 1.62.